The summed E-state index contributed by atoms with van der Waals surface area (Å²) in [6.45, 7) is 1.37. The summed E-state index contributed by atoms with van der Waals surface area (Å²) >= 11 is 0. The number of nitrogens with one attached hydrogen (secondary N) is 1. The minimum absolute atomic E-state index is 0.0520. The summed E-state index contributed by atoms with van der Waals surface area (Å²) in [5.74, 6) is 0.529. The molecular weight excluding hydrogens is 258 g/mol. The Balaban J connectivity index is 1.56. The quantitative estimate of drug-likeness (QED) is 0.774. The lowest BCUT2D eigenvalue weighted by Crippen LogP contribution is -2.41. The van der Waals surface area contributed by atoms with E-state index in [4.69, 9.17) is 10.5 Å². The van der Waals surface area contributed by atoms with E-state index >= 15 is 0 Å². The zero-order valence-corrected chi connectivity index (χ0v) is 11.0. The van der Waals surface area contributed by atoms with Crippen LogP contribution in [0.2, 0.25) is 0 Å². The number of fused-ring (bicyclic) bond motifs is 1. The molecule has 3 N–H and O–H groups in total. The highest BCUT2D eigenvalue weighted by Crippen LogP contribution is 2.11. The van der Waals surface area contributed by atoms with Gasteiger partial charge in [-0.05, 0) is 12.1 Å². The molecule has 1 aliphatic rings. The van der Waals surface area contributed by atoms with Crippen LogP contribution in [0.5, 0.6) is 0 Å². The fourth-order valence-electron chi connectivity index (χ4n) is 2.33. The fraction of sp³-hybridized carbons (Fsp3) is 0.462. The number of pyridine rings is 1. The van der Waals surface area contributed by atoms with Crippen molar-refractivity contribution in [3.05, 3.63) is 30.2 Å². The molecule has 2 unspecified atom stereocenters. The van der Waals surface area contributed by atoms with Crippen molar-refractivity contribution in [3.8, 4) is 0 Å². The topological polar surface area (TPSA) is 94.5 Å². The van der Waals surface area contributed by atoms with Crippen molar-refractivity contribution in [3.63, 3.8) is 0 Å². The summed E-state index contributed by atoms with van der Waals surface area (Å²) in [6.07, 6.45) is 2.53. The van der Waals surface area contributed by atoms with Crippen molar-refractivity contribution in [1.29, 1.82) is 0 Å². The molecule has 7 nitrogen and oxygen atoms in total. The van der Waals surface area contributed by atoms with E-state index < -0.39 is 0 Å². The Hall–Kier alpha value is -1.99. The van der Waals surface area contributed by atoms with Gasteiger partial charge in [0.05, 0.1) is 19.1 Å². The summed E-state index contributed by atoms with van der Waals surface area (Å²) in [6, 6.07) is 5.53. The third-order valence-electron chi connectivity index (χ3n) is 3.49. The molecule has 2 aromatic rings. The van der Waals surface area contributed by atoms with Crippen LogP contribution in [0.1, 0.15) is 5.82 Å². The molecule has 0 saturated carbocycles. The first-order valence-electron chi connectivity index (χ1n) is 6.65. The van der Waals surface area contributed by atoms with E-state index in [1.54, 1.807) is 0 Å². The lowest BCUT2D eigenvalue weighted by molar-refractivity contribution is -0.125. The van der Waals surface area contributed by atoms with Gasteiger partial charge < -0.3 is 15.8 Å². The maximum atomic E-state index is 11.9. The molecule has 0 aliphatic carbocycles. The number of aromatic nitrogens is 3. The van der Waals surface area contributed by atoms with Gasteiger partial charge in [0.25, 0.3) is 0 Å². The summed E-state index contributed by atoms with van der Waals surface area (Å²) in [5, 5.41) is 11.1. The van der Waals surface area contributed by atoms with Crippen LogP contribution in [-0.4, -0.2) is 46.3 Å². The predicted octanol–water partition coefficient (Wildman–Crippen LogP) is -0.638. The average molecular weight is 275 g/mol. The Labute approximate surface area is 116 Å². The van der Waals surface area contributed by atoms with E-state index in [1.165, 1.54) is 0 Å². The third kappa shape index (κ3) is 2.50. The first kappa shape index (κ1) is 13.0. The van der Waals surface area contributed by atoms with E-state index in [9.17, 15) is 4.79 Å². The van der Waals surface area contributed by atoms with Crippen molar-refractivity contribution in [2.24, 2.45) is 11.7 Å². The van der Waals surface area contributed by atoms with Gasteiger partial charge in [-0.1, -0.05) is 6.07 Å². The largest absolute Gasteiger partial charge is 0.379 e. The molecule has 1 amide bonds. The van der Waals surface area contributed by atoms with Crippen LogP contribution in [-0.2, 0) is 16.0 Å². The Morgan fingerprint density at radius 2 is 2.35 bits per heavy atom. The summed E-state index contributed by atoms with van der Waals surface area (Å²) in [4.78, 5) is 11.9. The van der Waals surface area contributed by atoms with E-state index in [-0.39, 0.29) is 17.9 Å². The highest BCUT2D eigenvalue weighted by Gasteiger charge is 2.30. The molecule has 7 heteroatoms. The SMILES string of the molecule is NC1COCC1C(=O)NCCc1nnc2ccccn12. The number of amides is 1. The smallest absolute Gasteiger partial charge is 0.227 e. The molecule has 3 heterocycles. The minimum Gasteiger partial charge on any atom is -0.379 e. The number of hydrogen-bond donors (Lipinski definition) is 2. The van der Waals surface area contributed by atoms with Gasteiger partial charge in [-0.2, -0.15) is 0 Å². The van der Waals surface area contributed by atoms with Gasteiger partial charge in [0, 0.05) is 25.2 Å². The van der Waals surface area contributed by atoms with Gasteiger partial charge >= 0.3 is 0 Å². The van der Waals surface area contributed by atoms with E-state index in [0.29, 0.717) is 26.2 Å². The van der Waals surface area contributed by atoms with Gasteiger partial charge in [-0.15, -0.1) is 10.2 Å². The fourth-order valence-corrected chi connectivity index (χ4v) is 2.33. The number of ether oxygens (including phenoxy) is 1. The number of rotatable bonds is 4. The second-order valence-corrected chi connectivity index (χ2v) is 4.89. The third-order valence-corrected chi connectivity index (χ3v) is 3.49. The van der Waals surface area contributed by atoms with Gasteiger partial charge in [-0.25, -0.2) is 0 Å². The molecule has 0 aromatic carbocycles. The van der Waals surface area contributed by atoms with Crippen LogP contribution in [0.15, 0.2) is 24.4 Å². The van der Waals surface area contributed by atoms with Crippen LogP contribution in [0.25, 0.3) is 5.65 Å². The maximum Gasteiger partial charge on any atom is 0.227 e. The normalized spacial score (nSPS) is 22.2. The Morgan fingerprint density at radius 3 is 3.15 bits per heavy atom. The van der Waals surface area contributed by atoms with E-state index in [2.05, 4.69) is 15.5 Å². The second kappa shape index (κ2) is 5.56. The zero-order chi connectivity index (χ0) is 13.9. The molecule has 1 saturated heterocycles. The first-order valence-corrected chi connectivity index (χ1v) is 6.65. The van der Waals surface area contributed by atoms with Gasteiger partial charge in [0.2, 0.25) is 5.91 Å². The van der Waals surface area contributed by atoms with E-state index in [0.717, 1.165) is 11.5 Å². The van der Waals surface area contributed by atoms with Crippen molar-refractivity contribution in [2.45, 2.75) is 12.5 Å². The molecule has 3 rings (SSSR count). The Kier molecular flexibility index (Phi) is 3.62. The maximum absolute atomic E-state index is 11.9. The van der Waals surface area contributed by atoms with Crippen LogP contribution in [0, 0.1) is 5.92 Å². The summed E-state index contributed by atoms with van der Waals surface area (Å²) < 4.78 is 7.10. The van der Waals surface area contributed by atoms with Gasteiger partial charge in [0.15, 0.2) is 5.65 Å². The molecule has 20 heavy (non-hydrogen) atoms. The first-order chi connectivity index (χ1) is 9.75. The van der Waals surface area contributed by atoms with Crippen LogP contribution < -0.4 is 11.1 Å². The average Bonchev–Trinajstić information content (AvgIpc) is 3.05. The molecule has 0 bridgehead atoms. The number of nitrogens with zero attached hydrogens (tertiary/aromatic N) is 3. The zero-order valence-electron chi connectivity index (χ0n) is 11.0. The van der Waals surface area contributed by atoms with Crippen molar-refractivity contribution in [2.75, 3.05) is 19.8 Å². The molecule has 1 aliphatic heterocycles. The van der Waals surface area contributed by atoms with Crippen molar-refractivity contribution < 1.29 is 9.53 Å². The monoisotopic (exact) mass is 275 g/mol. The highest BCUT2D eigenvalue weighted by atomic mass is 16.5. The molecular formula is C13H17N5O2. The number of carbonyl (C=O) groups excluding carboxylic acids is 1. The lowest BCUT2D eigenvalue weighted by atomic mass is 10.0. The number of carbonyl (C=O) groups is 1. The summed E-state index contributed by atoms with van der Waals surface area (Å²) in [7, 11) is 0. The van der Waals surface area contributed by atoms with Crippen LogP contribution in [0.3, 0.4) is 0 Å². The Morgan fingerprint density at radius 1 is 1.45 bits per heavy atom. The van der Waals surface area contributed by atoms with Gasteiger partial charge in [-0.3, -0.25) is 9.20 Å². The van der Waals surface area contributed by atoms with Crippen molar-refractivity contribution in [1.82, 2.24) is 19.9 Å². The molecule has 106 valence electrons. The molecule has 0 radical (unpaired) electrons. The van der Waals surface area contributed by atoms with Gasteiger partial charge in [0.1, 0.15) is 5.82 Å². The molecule has 2 aromatic heterocycles. The molecule has 1 fully saturated rings. The number of hydrogen-bond acceptors (Lipinski definition) is 5. The standard InChI is InChI=1S/C13H17N5O2/c14-10-8-20-7-9(10)13(19)15-5-4-12-17-16-11-3-1-2-6-18(11)12/h1-3,6,9-10H,4-5,7-8,14H2,(H,15,19). The minimum atomic E-state index is -0.245. The highest BCUT2D eigenvalue weighted by molar-refractivity contribution is 5.79. The molecule has 2 atom stereocenters. The van der Waals surface area contributed by atoms with E-state index in [1.807, 2.05) is 28.8 Å². The Bertz CT molecular complexity index is 612. The summed E-state index contributed by atoms with van der Waals surface area (Å²) in [5.41, 5.74) is 6.61. The van der Waals surface area contributed by atoms with Crippen LogP contribution in [0.4, 0.5) is 0 Å². The lowest BCUT2D eigenvalue weighted by Gasteiger charge is -2.12. The number of nitrogens with two attached hydrogens (primary N) is 1. The second-order valence-electron chi connectivity index (χ2n) is 4.89. The molecule has 0 spiro atoms. The predicted molar refractivity (Wildman–Crippen MR) is 72.0 cm³/mol. The van der Waals surface area contributed by atoms with Crippen LogP contribution >= 0.6 is 0 Å². The van der Waals surface area contributed by atoms with Crippen molar-refractivity contribution >= 4 is 11.6 Å².